The molecule has 0 unspecified atom stereocenters. The van der Waals surface area contributed by atoms with E-state index in [1.807, 2.05) is 6.92 Å². The van der Waals surface area contributed by atoms with Crippen LogP contribution in [0.25, 0.3) is 0 Å². The number of ketones is 2. The zero-order valence-corrected chi connectivity index (χ0v) is 19.5. The number of aliphatic carboxylic acids is 1. The molecule has 0 aliphatic heterocycles. The summed E-state index contributed by atoms with van der Waals surface area (Å²) in [5.74, 6) is -1.95. The molecule has 178 valence electrons. The first-order chi connectivity index (χ1) is 15.6. The Kier molecular flexibility index (Phi) is 9.16. The Labute approximate surface area is 193 Å². The molecule has 0 saturated heterocycles. The Bertz CT molecular complexity index is 1140. The van der Waals surface area contributed by atoms with Crippen molar-refractivity contribution in [3.63, 3.8) is 0 Å². The van der Waals surface area contributed by atoms with E-state index in [1.54, 1.807) is 6.07 Å². The summed E-state index contributed by atoms with van der Waals surface area (Å²) in [4.78, 5) is 34.6. The molecule has 0 aliphatic rings. The number of carboxylic acids is 1. The standard InChI is InChI=1S/C24H28O8S/c1-3-7-19-21(12-10-17(16(2)25)24(19)29)32-14-6-15-33(30,31)22-9-5-4-8-18(22)20(26)11-13-23(27)28/h4-5,8-10,12,29H,3,6-7,11,13-15H2,1-2H3,(H,27,28). The SMILES string of the molecule is CCCc1c(OCCCS(=O)(=O)c2ccccc2C(=O)CCC(=O)O)ccc(C(C)=O)c1O. The topological polar surface area (TPSA) is 135 Å². The molecule has 0 fully saturated rings. The van der Waals surface area contributed by atoms with Gasteiger partial charge in [0.05, 0.1) is 29.2 Å². The van der Waals surface area contributed by atoms with Crippen molar-refractivity contribution in [2.24, 2.45) is 0 Å². The molecule has 0 bridgehead atoms. The van der Waals surface area contributed by atoms with Gasteiger partial charge in [0.2, 0.25) is 0 Å². The Morgan fingerprint density at radius 3 is 2.33 bits per heavy atom. The molecule has 8 nitrogen and oxygen atoms in total. The van der Waals surface area contributed by atoms with Gasteiger partial charge < -0.3 is 14.9 Å². The highest BCUT2D eigenvalue weighted by atomic mass is 32.2. The van der Waals surface area contributed by atoms with Crippen LogP contribution in [0.5, 0.6) is 11.5 Å². The van der Waals surface area contributed by atoms with E-state index in [2.05, 4.69) is 0 Å². The van der Waals surface area contributed by atoms with Gasteiger partial charge in [-0.1, -0.05) is 31.5 Å². The van der Waals surface area contributed by atoms with Crippen LogP contribution in [0.15, 0.2) is 41.3 Å². The fourth-order valence-electron chi connectivity index (χ4n) is 3.39. The van der Waals surface area contributed by atoms with Gasteiger partial charge in [0.25, 0.3) is 0 Å². The summed E-state index contributed by atoms with van der Waals surface area (Å²) < 4.78 is 31.4. The fourth-order valence-corrected chi connectivity index (χ4v) is 4.91. The highest BCUT2D eigenvalue weighted by Gasteiger charge is 2.22. The zero-order chi connectivity index (χ0) is 24.6. The highest BCUT2D eigenvalue weighted by molar-refractivity contribution is 7.91. The van der Waals surface area contributed by atoms with Crippen molar-refractivity contribution in [3.05, 3.63) is 53.1 Å². The molecule has 0 atom stereocenters. The van der Waals surface area contributed by atoms with Crippen molar-refractivity contribution in [1.82, 2.24) is 0 Å². The number of hydrogen-bond acceptors (Lipinski definition) is 7. The second-order valence-electron chi connectivity index (χ2n) is 7.58. The lowest BCUT2D eigenvalue weighted by Crippen LogP contribution is -2.15. The quantitative estimate of drug-likeness (QED) is 0.329. The minimum absolute atomic E-state index is 0.0188. The molecule has 0 aromatic heterocycles. The number of benzene rings is 2. The van der Waals surface area contributed by atoms with Crippen LogP contribution in [0, 0.1) is 0 Å². The van der Waals surface area contributed by atoms with Crippen LogP contribution in [0.2, 0.25) is 0 Å². The molecule has 2 aromatic rings. The predicted octanol–water partition coefficient (Wildman–Crippen LogP) is 3.84. The molecular weight excluding hydrogens is 448 g/mol. The van der Waals surface area contributed by atoms with Crippen LogP contribution in [0.1, 0.15) is 65.8 Å². The molecule has 0 radical (unpaired) electrons. The molecule has 33 heavy (non-hydrogen) atoms. The molecule has 0 heterocycles. The Balaban J connectivity index is 2.10. The summed E-state index contributed by atoms with van der Waals surface area (Å²) in [5.41, 5.74) is 0.689. The lowest BCUT2D eigenvalue weighted by molar-refractivity contribution is -0.136. The molecule has 0 amide bonds. The van der Waals surface area contributed by atoms with E-state index in [4.69, 9.17) is 9.84 Å². The summed E-state index contributed by atoms with van der Waals surface area (Å²) in [7, 11) is -3.82. The first-order valence-corrected chi connectivity index (χ1v) is 12.3. The lowest BCUT2D eigenvalue weighted by atomic mass is 10.0. The molecular formula is C24H28O8S. The van der Waals surface area contributed by atoms with Gasteiger partial charge in [-0.25, -0.2) is 8.42 Å². The molecule has 2 N–H and O–H groups in total. The maximum atomic E-state index is 12.8. The van der Waals surface area contributed by atoms with Crippen molar-refractivity contribution in [3.8, 4) is 11.5 Å². The molecule has 2 aromatic carbocycles. The average molecular weight is 477 g/mol. The number of sulfone groups is 1. The van der Waals surface area contributed by atoms with E-state index < -0.39 is 21.6 Å². The van der Waals surface area contributed by atoms with Gasteiger partial charge in [-0.3, -0.25) is 14.4 Å². The van der Waals surface area contributed by atoms with Crippen molar-refractivity contribution >= 4 is 27.4 Å². The third-order valence-corrected chi connectivity index (χ3v) is 6.87. The van der Waals surface area contributed by atoms with Crippen LogP contribution in [0.4, 0.5) is 0 Å². The van der Waals surface area contributed by atoms with E-state index in [1.165, 1.54) is 37.3 Å². The molecule has 0 aliphatic carbocycles. The Morgan fingerprint density at radius 1 is 1.00 bits per heavy atom. The second-order valence-corrected chi connectivity index (χ2v) is 9.66. The Morgan fingerprint density at radius 2 is 1.70 bits per heavy atom. The maximum absolute atomic E-state index is 12.8. The Hall–Kier alpha value is -3.20. The van der Waals surface area contributed by atoms with E-state index in [-0.39, 0.29) is 59.2 Å². The largest absolute Gasteiger partial charge is 0.507 e. The first kappa shape index (κ1) is 26.1. The van der Waals surface area contributed by atoms with Crippen LogP contribution in [-0.4, -0.2) is 48.5 Å². The number of phenolic OH excluding ortho intramolecular Hbond substituents is 1. The van der Waals surface area contributed by atoms with Gasteiger partial charge in [-0.05, 0) is 38.0 Å². The molecule has 0 saturated carbocycles. The monoisotopic (exact) mass is 476 g/mol. The van der Waals surface area contributed by atoms with Crippen molar-refractivity contribution in [1.29, 1.82) is 0 Å². The number of ether oxygens (including phenoxy) is 1. The van der Waals surface area contributed by atoms with Crippen molar-refractivity contribution < 1.29 is 37.8 Å². The summed E-state index contributed by atoms with van der Waals surface area (Å²) >= 11 is 0. The molecule has 9 heteroatoms. The summed E-state index contributed by atoms with van der Waals surface area (Å²) in [6.07, 6.45) is 0.668. The summed E-state index contributed by atoms with van der Waals surface area (Å²) in [5, 5.41) is 19.2. The van der Waals surface area contributed by atoms with E-state index in [0.717, 1.165) is 0 Å². The van der Waals surface area contributed by atoms with Gasteiger partial charge in [-0.2, -0.15) is 0 Å². The minimum atomic E-state index is -3.82. The van der Waals surface area contributed by atoms with Gasteiger partial charge in [0, 0.05) is 17.5 Å². The number of rotatable bonds is 13. The fraction of sp³-hybridized carbons (Fsp3) is 0.375. The highest BCUT2D eigenvalue weighted by Crippen LogP contribution is 2.33. The van der Waals surface area contributed by atoms with E-state index >= 15 is 0 Å². The lowest BCUT2D eigenvalue weighted by Gasteiger charge is -2.15. The van der Waals surface area contributed by atoms with Crippen molar-refractivity contribution in [2.75, 3.05) is 12.4 Å². The smallest absolute Gasteiger partial charge is 0.303 e. The molecule has 2 rings (SSSR count). The number of carbonyl (C=O) groups is 3. The van der Waals surface area contributed by atoms with Gasteiger partial charge >= 0.3 is 5.97 Å². The second kappa shape index (κ2) is 11.6. The van der Waals surface area contributed by atoms with E-state index in [0.29, 0.717) is 24.2 Å². The van der Waals surface area contributed by atoms with E-state index in [9.17, 15) is 27.9 Å². The minimum Gasteiger partial charge on any atom is -0.507 e. The summed E-state index contributed by atoms with van der Waals surface area (Å²) in [6, 6.07) is 8.82. The third-order valence-electron chi connectivity index (χ3n) is 5.02. The van der Waals surface area contributed by atoms with Crippen LogP contribution < -0.4 is 4.74 Å². The van der Waals surface area contributed by atoms with Crippen LogP contribution >= 0.6 is 0 Å². The van der Waals surface area contributed by atoms with Crippen LogP contribution in [-0.2, 0) is 21.1 Å². The number of hydrogen-bond donors (Lipinski definition) is 2. The summed E-state index contributed by atoms with van der Waals surface area (Å²) in [6.45, 7) is 3.33. The van der Waals surface area contributed by atoms with Crippen LogP contribution in [0.3, 0.4) is 0 Å². The first-order valence-electron chi connectivity index (χ1n) is 10.6. The molecule has 0 spiro atoms. The van der Waals surface area contributed by atoms with Crippen molar-refractivity contribution in [2.45, 2.75) is 50.8 Å². The number of Topliss-reactive ketones (excluding diaryl/α,β-unsaturated/α-hetero) is 2. The number of phenols is 1. The van der Waals surface area contributed by atoms with Gasteiger partial charge in [-0.15, -0.1) is 0 Å². The number of carboxylic acid groups (broad SMARTS) is 1. The third kappa shape index (κ3) is 6.89. The number of carbonyl (C=O) groups excluding carboxylic acids is 2. The maximum Gasteiger partial charge on any atom is 0.303 e. The van der Waals surface area contributed by atoms with Gasteiger partial charge in [0.1, 0.15) is 11.5 Å². The predicted molar refractivity (Wildman–Crippen MR) is 122 cm³/mol. The zero-order valence-electron chi connectivity index (χ0n) is 18.7. The van der Waals surface area contributed by atoms with Gasteiger partial charge in [0.15, 0.2) is 21.4 Å². The normalized spacial score (nSPS) is 11.2. The average Bonchev–Trinajstić information content (AvgIpc) is 2.76. The number of aromatic hydroxyl groups is 1.